The van der Waals surface area contributed by atoms with Crippen molar-refractivity contribution >= 4 is 21.5 Å². The number of nitrogens with zero attached hydrogens (tertiary/aromatic N) is 3. The van der Waals surface area contributed by atoms with Crippen molar-refractivity contribution in [1.29, 1.82) is 0 Å². The third kappa shape index (κ3) is 5.01. The SMILES string of the molecule is c1ccc(-c2nc(-c3ccc(-c4ccc5ccccc5c4)cc3)nc(-c3cccc(-c4ccc5ccccc5c4)c3)n2)cc1. The molecular weight excluding hydrogens is 534 g/mol. The lowest BCUT2D eigenvalue weighted by atomic mass is 9.99. The minimum Gasteiger partial charge on any atom is -0.208 e. The molecule has 0 N–H and O–H groups in total. The van der Waals surface area contributed by atoms with E-state index in [2.05, 4.69) is 133 Å². The Morgan fingerprint density at radius 2 is 0.614 bits per heavy atom. The highest BCUT2D eigenvalue weighted by atomic mass is 15.0. The van der Waals surface area contributed by atoms with Crippen LogP contribution in [0.3, 0.4) is 0 Å². The summed E-state index contributed by atoms with van der Waals surface area (Å²) in [7, 11) is 0. The first kappa shape index (κ1) is 25.8. The average Bonchev–Trinajstić information content (AvgIpc) is 3.11. The number of hydrogen-bond acceptors (Lipinski definition) is 3. The van der Waals surface area contributed by atoms with Crippen LogP contribution in [-0.4, -0.2) is 15.0 Å². The monoisotopic (exact) mass is 561 g/mol. The third-order valence-electron chi connectivity index (χ3n) is 8.10. The van der Waals surface area contributed by atoms with Gasteiger partial charge in [0.2, 0.25) is 0 Å². The van der Waals surface area contributed by atoms with Gasteiger partial charge >= 0.3 is 0 Å². The van der Waals surface area contributed by atoms with Gasteiger partial charge in [0.15, 0.2) is 17.5 Å². The first-order valence-electron chi connectivity index (χ1n) is 14.8. The van der Waals surface area contributed by atoms with Crippen LogP contribution in [0, 0.1) is 0 Å². The zero-order valence-corrected chi connectivity index (χ0v) is 23.9. The zero-order chi connectivity index (χ0) is 29.3. The molecular formula is C41H27N3. The normalized spacial score (nSPS) is 11.2. The molecule has 0 radical (unpaired) electrons. The Morgan fingerprint density at radius 3 is 1.23 bits per heavy atom. The molecule has 0 bridgehead atoms. The van der Waals surface area contributed by atoms with Crippen molar-refractivity contribution in [3.05, 3.63) is 164 Å². The Balaban J connectivity index is 1.20. The maximum Gasteiger partial charge on any atom is 0.164 e. The van der Waals surface area contributed by atoms with E-state index < -0.39 is 0 Å². The molecule has 206 valence electrons. The van der Waals surface area contributed by atoms with Crippen LogP contribution in [0.4, 0.5) is 0 Å². The first-order valence-corrected chi connectivity index (χ1v) is 14.8. The number of rotatable bonds is 5. The van der Waals surface area contributed by atoms with Crippen molar-refractivity contribution < 1.29 is 0 Å². The van der Waals surface area contributed by atoms with E-state index in [0.29, 0.717) is 17.5 Å². The average molecular weight is 562 g/mol. The van der Waals surface area contributed by atoms with Crippen LogP contribution in [0.15, 0.2) is 164 Å². The quantitative estimate of drug-likeness (QED) is 0.210. The van der Waals surface area contributed by atoms with Gasteiger partial charge in [0, 0.05) is 16.7 Å². The third-order valence-corrected chi connectivity index (χ3v) is 8.10. The smallest absolute Gasteiger partial charge is 0.164 e. The van der Waals surface area contributed by atoms with Crippen LogP contribution in [0.25, 0.3) is 78.0 Å². The van der Waals surface area contributed by atoms with Crippen molar-refractivity contribution in [1.82, 2.24) is 15.0 Å². The Morgan fingerprint density at radius 1 is 0.227 bits per heavy atom. The molecule has 0 aliphatic rings. The highest BCUT2D eigenvalue weighted by Gasteiger charge is 2.13. The van der Waals surface area contributed by atoms with Crippen LogP contribution in [-0.2, 0) is 0 Å². The van der Waals surface area contributed by atoms with Crippen molar-refractivity contribution in [2.45, 2.75) is 0 Å². The van der Waals surface area contributed by atoms with E-state index in [-0.39, 0.29) is 0 Å². The van der Waals surface area contributed by atoms with Crippen LogP contribution in [0.5, 0.6) is 0 Å². The molecule has 1 aromatic heterocycles. The predicted molar refractivity (Wildman–Crippen MR) is 182 cm³/mol. The summed E-state index contributed by atoms with van der Waals surface area (Å²) < 4.78 is 0. The Labute approximate surface area is 256 Å². The lowest BCUT2D eigenvalue weighted by Gasteiger charge is -2.11. The Kier molecular flexibility index (Phi) is 6.47. The van der Waals surface area contributed by atoms with Gasteiger partial charge in [-0.3, -0.25) is 0 Å². The number of hydrogen-bond donors (Lipinski definition) is 0. The summed E-state index contributed by atoms with van der Waals surface area (Å²) in [5, 5.41) is 4.92. The maximum atomic E-state index is 5.01. The summed E-state index contributed by atoms with van der Waals surface area (Å²) in [6.07, 6.45) is 0. The van der Waals surface area contributed by atoms with Crippen LogP contribution in [0.1, 0.15) is 0 Å². The van der Waals surface area contributed by atoms with E-state index in [0.717, 1.165) is 33.4 Å². The van der Waals surface area contributed by atoms with E-state index in [4.69, 9.17) is 15.0 Å². The van der Waals surface area contributed by atoms with Gasteiger partial charge in [-0.25, -0.2) is 15.0 Å². The minimum absolute atomic E-state index is 0.648. The Bertz CT molecular complexity index is 2270. The summed E-state index contributed by atoms with van der Waals surface area (Å²) in [5.41, 5.74) is 7.46. The van der Waals surface area contributed by atoms with Crippen LogP contribution < -0.4 is 0 Å². The first-order chi connectivity index (χ1) is 21.8. The van der Waals surface area contributed by atoms with Crippen molar-refractivity contribution in [3.8, 4) is 56.4 Å². The van der Waals surface area contributed by atoms with Gasteiger partial charge in [0.1, 0.15) is 0 Å². The molecule has 8 rings (SSSR count). The summed E-state index contributed by atoms with van der Waals surface area (Å²) in [6.45, 7) is 0. The fourth-order valence-corrected chi connectivity index (χ4v) is 5.74. The molecule has 0 fully saturated rings. The molecule has 0 aliphatic heterocycles. The molecule has 7 aromatic carbocycles. The molecule has 0 spiro atoms. The number of aromatic nitrogens is 3. The lowest BCUT2D eigenvalue weighted by molar-refractivity contribution is 1.07. The van der Waals surface area contributed by atoms with E-state index >= 15 is 0 Å². The highest BCUT2D eigenvalue weighted by Crippen LogP contribution is 2.31. The van der Waals surface area contributed by atoms with Gasteiger partial charge in [0.25, 0.3) is 0 Å². The van der Waals surface area contributed by atoms with Gasteiger partial charge in [-0.15, -0.1) is 0 Å². The second-order valence-electron chi connectivity index (χ2n) is 11.0. The molecule has 0 saturated heterocycles. The van der Waals surface area contributed by atoms with Crippen molar-refractivity contribution in [3.63, 3.8) is 0 Å². The molecule has 0 aliphatic carbocycles. The minimum atomic E-state index is 0.648. The molecule has 3 nitrogen and oxygen atoms in total. The molecule has 0 amide bonds. The second kappa shape index (κ2) is 11.0. The van der Waals surface area contributed by atoms with E-state index in [9.17, 15) is 0 Å². The summed E-state index contributed by atoms with van der Waals surface area (Å²) in [5.74, 6) is 1.95. The molecule has 8 aromatic rings. The zero-order valence-electron chi connectivity index (χ0n) is 23.9. The summed E-state index contributed by atoms with van der Waals surface area (Å²) in [6, 6.07) is 57.1. The van der Waals surface area contributed by atoms with Gasteiger partial charge in [0.05, 0.1) is 0 Å². The number of benzene rings is 7. The standard InChI is InChI=1S/C41H27N3/c1-2-11-31(12-3-1)39-42-40(32-21-17-30(18-22-32)36-23-19-28-9-4-6-13-33(28)25-36)44-41(43-39)38-16-8-15-35(27-38)37-24-20-29-10-5-7-14-34(29)26-37/h1-27H. The lowest BCUT2D eigenvalue weighted by Crippen LogP contribution is -2.00. The van der Waals surface area contributed by atoms with Crippen LogP contribution >= 0.6 is 0 Å². The number of fused-ring (bicyclic) bond motifs is 2. The molecule has 3 heteroatoms. The molecule has 1 heterocycles. The van der Waals surface area contributed by atoms with Gasteiger partial charge in [-0.2, -0.15) is 0 Å². The van der Waals surface area contributed by atoms with Crippen molar-refractivity contribution in [2.24, 2.45) is 0 Å². The topological polar surface area (TPSA) is 38.7 Å². The van der Waals surface area contributed by atoms with Crippen molar-refractivity contribution in [2.75, 3.05) is 0 Å². The molecule has 0 saturated carbocycles. The Hall–Kier alpha value is -5.93. The molecule has 44 heavy (non-hydrogen) atoms. The van der Waals surface area contributed by atoms with Gasteiger partial charge in [-0.1, -0.05) is 146 Å². The second-order valence-corrected chi connectivity index (χ2v) is 11.0. The summed E-state index contributed by atoms with van der Waals surface area (Å²) in [4.78, 5) is 14.9. The van der Waals surface area contributed by atoms with Crippen LogP contribution in [0.2, 0.25) is 0 Å². The largest absolute Gasteiger partial charge is 0.208 e. The molecule has 0 atom stereocenters. The predicted octanol–water partition coefficient (Wildman–Crippen LogP) is 10.5. The van der Waals surface area contributed by atoms with E-state index in [1.165, 1.54) is 27.1 Å². The fourth-order valence-electron chi connectivity index (χ4n) is 5.74. The molecule has 0 unspecified atom stereocenters. The fraction of sp³-hybridized carbons (Fsp3) is 0. The maximum absolute atomic E-state index is 5.01. The van der Waals surface area contributed by atoms with Gasteiger partial charge in [-0.05, 0) is 62.0 Å². The van der Waals surface area contributed by atoms with E-state index in [1.807, 2.05) is 30.3 Å². The summed E-state index contributed by atoms with van der Waals surface area (Å²) >= 11 is 0. The van der Waals surface area contributed by atoms with E-state index in [1.54, 1.807) is 0 Å². The highest BCUT2D eigenvalue weighted by molar-refractivity contribution is 5.89. The van der Waals surface area contributed by atoms with Gasteiger partial charge < -0.3 is 0 Å².